The lowest BCUT2D eigenvalue weighted by Crippen LogP contribution is -2.12. The third-order valence-electron chi connectivity index (χ3n) is 3.89. The van der Waals surface area contributed by atoms with E-state index in [1.165, 1.54) is 11.6 Å². The van der Waals surface area contributed by atoms with E-state index in [4.69, 9.17) is 10.5 Å². The predicted octanol–water partition coefficient (Wildman–Crippen LogP) is 4.51. The van der Waals surface area contributed by atoms with E-state index in [1.807, 2.05) is 30.3 Å². The average molecular weight is 434 g/mol. The second kappa shape index (κ2) is 9.27. The molecule has 0 aliphatic rings. The molecule has 0 radical (unpaired) electrons. The zero-order valence-corrected chi connectivity index (χ0v) is 17.4. The molecule has 28 heavy (non-hydrogen) atoms. The van der Waals surface area contributed by atoms with Gasteiger partial charge >= 0.3 is 6.09 Å². The van der Waals surface area contributed by atoms with Crippen LogP contribution in [-0.2, 0) is 27.6 Å². The summed E-state index contributed by atoms with van der Waals surface area (Å²) in [5.74, 6) is 0.921. The molecule has 5 nitrogen and oxygen atoms in total. The molecule has 0 spiro atoms. The molecule has 0 fully saturated rings. The van der Waals surface area contributed by atoms with E-state index >= 15 is 0 Å². The molecule has 2 N–H and O–H groups in total. The normalized spacial score (nSPS) is 11.3. The number of ether oxygens (including phenoxy) is 1. The molecule has 0 aliphatic carbocycles. The number of nitrogens with two attached hydrogens (primary N) is 1. The second-order valence-electron chi connectivity index (χ2n) is 5.89. The lowest BCUT2D eigenvalue weighted by atomic mass is 10.2. The zero-order chi connectivity index (χ0) is 20.0. The van der Waals surface area contributed by atoms with Crippen molar-refractivity contribution in [3.8, 4) is 0 Å². The molecule has 8 heteroatoms. The van der Waals surface area contributed by atoms with Crippen molar-refractivity contribution in [1.29, 1.82) is 0 Å². The smallest absolute Gasteiger partial charge is 0.404 e. The topological polar surface area (TPSA) is 86.5 Å². The highest BCUT2D eigenvalue weighted by molar-refractivity contribution is 7.99. The number of aryl methyl sites for hydroxylation is 1. The quantitative estimate of drug-likeness (QED) is 0.528. The molecular weight excluding hydrogens is 414 g/mol. The van der Waals surface area contributed by atoms with E-state index < -0.39 is 15.9 Å². The van der Waals surface area contributed by atoms with Crippen molar-refractivity contribution in [2.45, 2.75) is 27.0 Å². The molecule has 0 bridgehead atoms. The van der Waals surface area contributed by atoms with Crippen LogP contribution in [0.15, 0.2) is 80.7 Å². The van der Waals surface area contributed by atoms with E-state index in [0.29, 0.717) is 4.88 Å². The van der Waals surface area contributed by atoms with Gasteiger partial charge in [-0.15, -0.1) is 23.1 Å². The number of thioether (sulfide) groups is 1. The van der Waals surface area contributed by atoms with Crippen LogP contribution in [0.3, 0.4) is 0 Å². The molecule has 3 rings (SSSR count). The lowest BCUT2D eigenvalue weighted by molar-refractivity contribution is 0.151. The van der Waals surface area contributed by atoms with Crippen LogP contribution in [-0.4, -0.2) is 20.3 Å². The van der Waals surface area contributed by atoms with Gasteiger partial charge in [-0.05, 0) is 48.4 Å². The van der Waals surface area contributed by atoms with Crippen LogP contribution in [0.2, 0.25) is 0 Å². The third-order valence-corrected chi connectivity index (χ3v) is 8.23. The van der Waals surface area contributed by atoms with Crippen LogP contribution in [0.4, 0.5) is 4.79 Å². The predicted molar refractivity (Wildman–Crippen MR) is 111 cm³/mol. The van der Waals surface area contributed by atoms with Gasteiger partial charge in [0.1, 0.15) is 10.8 Å². The average Bonchev–Trinajstić information content (AvgIpc) is 3.18. The second-order valence-corrected chi connectivity index (χ2v) is 10.4. The maximum absolute atomic E-state index is 12.8. The van der Waals surface area contributed by atoms with Gasteiger partial charge in [-0.2, -0.15) is 0 Å². The minimum Gasteiger partial charge on any atom is -0.444 e. The molecule has 0 aliphatic heterocycles. The SMILES string of the molecule is NC(=O)OCc1ccc(S(=O)(=O)c2ccc(SCCc3ccccc3)cc2)s1. The van der Waals surface area contributed by atoms with Crippen molar-refractivity contribution < 1.29 is 17.9 Å². The maximum atomic E-state index is 12.8. The fourth-order valence-corrected chi connectivity index (χ4v) is 6.06. The van der Waals surface area contributed by atoms with E-state index in [9.17, 15) is 13.2 Å². The first-order chi connectivity index (χ1) is 13.4. The number of carbonyl (C=O) groups is 1. The van der Waals surface area contributed by atoms with Gasteiger partial charge in [0.15, 0.2) is 0 Å². The van der Waals surface area contributed by atoms with Gasteiger partial charge in [-0.3, -0.25) is 0 Å². The summed E-state index contributed by atoms with van der Waals surface area (Å²) in [6, 6.07) is 20.3. The van der Waals surface area contributed by atoms with Gasteiger partial charge < -0.3 is 10.5 Å². The number of rotatable bonds is 8. The Kier molecular flexibility index (Phi) is 6.77. The number of carbonyl (C=O) groups excluding carboxylic acids is 1. The van der Waals surface area contributed by atoms with Gasteiger partial charge in [0.2, 0.25) is 9.84 Å². The van der Waals surface area contributed by atoms with Gasteiger partial charge in [0.05, 0.1) is 4.90 Å². The molecular formula is C20H19NO4S3. The highest BCUT2D eigenvalue weighted by Crippen LogP contribution is 2.29. The van der Waals surface area contributed by atoms with Crippen LogP contribution in [0.1, 0.15) is 10.4 Å². The van der Waals surface area contributed by atoms with Crippen LogP contribution < -0.4 is 5.73 Å². The Bertz CT molecular complexity index is 1030. The lowest BCUT2D eigenvalue weighted by Gasteiger charge is -2.05. The highest BCUT2D eigenvalue weighted by atomic mass is 32.2. The summed E-state index contributed by atoms with van der Waals surface area (Å²) in [6.45, 7) is -0.0352. The number of primary amides is 1. The largest absolute Gasteiger partial charge is 0.444 e. The molecule has 1 heterocycles. The molecule has 0 unspecified atom stereocenters. The summed E-state index contributed by atoms with van der Waals surface area (Å²) in [4.78, 5) is 12.6. The maximum Gasteiger partial charge on any atom is 0.404 e. The Labute approximate surface area is 172 Å². The van der Waals surface area contributed by atoms with Crippen LogP contribution >= 0.6 is 23.1 Å². The fourth-order valence-electron chi connectivity index (χ4n) is 2.49. The number of benzene rings is 2. The minimum absolute atomic E-state index is 0.0352. The van der Waals surface area contributed by atoms with Crippen molar-refractivity contribution in [2.75, 3.05) is 5.75 Å². The first-order valence-electron chi connectivity index (χ1n) is 8.48. The first-order valence-corrected chi connectivity index (χ1v) is 11.8. The van der Waals surface area contributed by atoms with E-state index in [0.717, 1.165) is 28.4 Å². The van der Waals surface area contributed by atoms with Crippen molar-refractivity contribution in [3.05, 3.63) is 77.2 Å². The van der Waals surface area contributed by atoms with Crippen molar-refractivity contribution in [1.82, 2.24) is 0 Å². The Morgan fingerprint density at radius 1 is 1.00 bits per heavy atom. The van der Waals surface area contributed by atoms with Gasteiger partial charge in [0.25, 0.3) is 0 Å². The van der Waals surface area contributed by atoms with E-state index in [2.05, 4.69) is 12.1 Å². The first kappa shape index (κ1) is 20.4. The Balaban J connectivity index is 1.62. The Morgan fingerprint density at radius 2 is 1.71 bits per heavy atom. The van der Waals surface area contributed by atoms with E-state index in [1.54, 1.807) is 30.0 Å². The number of amides is 1. The zero-order valence-electron chi connectivity index (χ0n) is 14.9. The number of sulfone groups is 1. The summed E-state index contributed by atoms with van der Waals surface area (Å²) in [5.41, 5.74) is 6.21. The molecule has 3 aromatic rings. The van der Waals surface area contributed by atoms with E-state index in [-0.39, 0.29) is 15.7 Å². The van der Waals surface area contributed by atoms with Crippen molar-refractivity contribution in [2.24, 2.45) is 5.73 Å². The Morgan fingerprint density at radius 3 is 2.39 bits per heavy atom. The van der Waals surface area contributed by atoms with Crippen LogP contribution in [0.5, 0.6) is 0 Å². The molecule has 0 saturated carbocycles. The third kappa shape index (κ3) is 5.37. The monoisotopic (exact) mass is 433 g/mol. The summed E-state index contributed by atoms with van der Waals surface area (Å²) >= 11 is 2.76. The summed E-state index contributed by atoms with van der Waals surface area (Å²) in [6.07, 6.45) is 0.0647. The summed E-state index contributed by atoms with van der Waals surface area (Å²) in [7, 11) is -3.60. The molecule has 146 valence electrons. The Hall–Kier alpha value is -2.29. The van der Waals surface area contributed by atoms with Crippen molar-refractivity contribution >= 4 is 39.0 Å². The van der Waals surface area contributed by atoms with Gasteiger partial charge in [0, 0.05) is 15.5 Å². The summed E-state index contributed by atoms with van der Waals surface area (Å²) < 4.78 is 30.4. The minimum atomic E-state index is -3.60. The molecule has 1 amide bonds. The molecule has 2 aromatic carbocycles. The number of thiophene rings is 1. The highest BCUT2D eigenvalue weighted by Gasteiger charge is 2.20. The molecule has 1 aromatic heterocycles. The van der Waals surface area contributed by atoms with Gasteiger partial charge in [-0.25, -0.2) is 13.2 Å². The van der Waals surface area contributed by atoms with Crippen LogP contribution in [0, 0.1) is 0 Å². The molecule has 0 atom stereocenters. The fraction of sp³-hybridized carbons (Fsp3) is 0.150. The van der Waals surface area contributed by atoms with Crippen molar-refractivity contribution in [3.63, 3.8) is 0 Å². The summed E-state index contributed by atoms with van der Waals surface area (Å²) in [5, 5.41) is 0. The molecule has 0 saturated heterocycles. The number of hydrogen-bond donors (Lipinski definition) is 1. The number of hydrogen-bond acceptors (Lipinski definition) is 6. The van der Waals surface area contributed by atoms with Crippen LogP contribution in [0.25, 0.3) is 0 Å². The van der Waals surface area contributed by atoms with Gasteiger partial charge in [-0.1, -0.05) is 30.3 Å². The standard InChI is InChI=1S/C20H19NO4S3/c21-20(22)25-14-17-8-11-19(27-17)28(23,24)18-9-6-16(7-10-18)26-13-12-15-4-2-1-3-5-15/h1-11H,12-14H2,(H2,21,22).